The van der Waals surface area contributed by atoms with Crippen LogP contribution >= 0.6 is 0 Å². The summed E-state index contributed by atoms with van der Waals surface area (Å²) in [5.74, 6) is 0. The second-order valence-electron chi connectivity index (χ2n) is 22.8. The predicted molar refractivity (Wildman–Crippen MR) is 248 cm³/mol. The lowest BCUT2D eigenvalue weighted by molar-refractivity contribution is -0.0866. The first-order chi connectivity index (χ1) is 27.5. The van der Waals surface area contributed by atoms with E-state index >= 15 is 0 Å². The lowest BCUT2D eigenvalue weighted by atomic mass is 9.83. The molecule has 0 aromatic heterocycles. The van der Waals surface area contributed by atoms with E-state index in [0.29, 0.717) is 148 Å². The normalized spacial score (nSPS) is 21.5. The molecule has 0 radical (unpaired) electrons. The predicted octanol–water partition coefficient (Wildman–Crippen LogP) is 8.21. The molecule has 0 rings (SSSR count). The Balaban J connectivity index is 4.42. The third kappa shape index (κ3) is 32.6. The molecule has 0 heterocycles. The number of rotatable bonds is 37. The lowest BCUT2D eigenvalue weighted by Crippen LogP contribution is -2.41. The smallest absolute Gasteiger partial charge is 0.105 e. The molecule has 0 fully saturated rings. The summed E-state index contributed by atoms with van der Waals surface area (Å²) >= 11 is 0. The highest BCUT2D eigenvalue weighted by molar-refractivity contribution is 4.99. The van der Waals surface area contributed by atoms with Crippen LogP contribution in [0.3, 0.4) is 0 Å². The molecule has 9 unspecified atom stereocenters. The van der Waals surface area contributed by atoms with Crippen molar-refractivity contribution in [2.75, 3.05) is 6.61 Å². The number of aliphatic hydroxyl groups excluding tert-OH is 2. The van der Waals surface area contributed by atoms with E-state index in [9.17, 15) is 51.1 Å². The number of allylic oxidation sites excluding steroid dienone is 2. The first-order valence-electron chi connectivity index (χ1n) is 24.0. The average molecular weight is 877 g/mol. The fourth-order valence-electron chi connectivity index (χ4n) is 8.70. The number of hydrogen-bond donors (Lipinski definition) is 11. The third-order valence-electron chi connectivity index (χ3n) is 13.4. The molecule has 0 amide bonds. The first kappa shape index (κ1) is 60.3. The molecule has 11 N–H and O–H groups in total. The van der Waals surface area contributed by atoms with Crippen molar-refractivity contribution in [3.8, 4) is 0 Å². The zero-order valence-electron chi connectivity index (χ0n) is 41.2. The fraction of sp³-hybridized carbons (Fsp3) is 0.960. The van der Waals surface area contributed by atoms with Crippen molar-refractivity contribution in [3.05, 3.63) is 11.6 Å². The van der Waals surface area contributed by atoms with E-state index < -0.39 is 63.1 Å². The molecule has 0 aromatic carbocycles. The Kier molecular flexibility index (Phi) is 26.1. The molecule has 0 aromatic rings. The number of aliphatic hydroxyl groups is 11. The summed E-state index contributed by atoms with van der Waals surface area (Å²) in [5, 5.41) is 116. The van der Waals surface area contributed by atoms with Crippen LogP contribution in [0, 0.1) is 0 Å². The summed E-state index contributed by atoms with van der Waals surface area (Å²) in [6.07, 6.45) is 16.6. The van der Waals surface area contributed by atoms with Crippen molar-refractivity contribution in [3.63, 3.8) is 0 Å². The Morgan fingerprint density at radius 3 is 0.836 bits per heavy atom. The zero-order chi connectivity index (χ0) is 47.5. The van der Waals surface area contributed by atoms with Crippen LogP contribution < -0.4 is 0 Å². The highest BCUT2D eigenvalue weighted by atomic mass is 16.4. The molecule has 0 saturated heterocycles. The minimum absolute atomic E-state index is 0.344. The molecule has 366 valence electrons. The molecule has 0 aliphatic heterocycles. The van der Waals surface area contributed by atoms with Gasteiger partial charge in [-0.15, -0.1) is 0 Å². The Morgan fingerprint density at radius 2 is 0.607 bits per heavy atom. The summed E-state index contributed by atoms with van der Waals surface area (Å²) < 4.78 is 0. The maximum absolute atomic E-state index is 11.1. The van der Waals surface area contributed by atoms with Gasteiger partial charge in [-0.05, 0) is 243 Å². The number of hydrogen-bond acceptors (Lipinski definition) is 11. The van der Waals surface area contributed by atoms with Crippen LogP contribution in [0.25, 0.3) is 0 Å². The van der Waals surface area contributed by atoms with Crippen LogP contribution in [-0.2, 0) is 0 Å². The van der Waals surface area contributed by atoms with E-state index in [4.69, 9.17) is 5.11 Å². The van der Waals surface area contributed by atoms with Gasteiger partial charge in [-0.1, -0.05) is 11.6 Å². The van der Waals surface area contributed by atoms with Crippen LogP contribution in [0.5, 0.6) is 0 Å². The lowest BCUT2D eigenvalue weighted by Gasteiger charge is -2.31. The van der Waals surface area contributed by atoms with Gasteiger partial charge in [0.1, 0.15) is 6.10 Å². The summed E-state index contributed by atoms with van der Waals surface area (Å²) in [6.45, 7) is 19.3. The topological polar surface area (TPSA) is 223 Å². The Bertz CT molecular complexity index is 1190. The summed E-state index contributed by atoms with van der Waals surface area (Å²) in [5.41, 5.74) is -7.12. The van der Waals surface area contributed by atoms with E-state index in [-0.39, 0.29) is 0 Å². The minimum atomic E-state index is -1.34. The maximum Gasteiger partial charge on any atom is 0.105 e. The highest BCUT2D eigenvalue weighted by Gasteiger charge is 2.31. The van der Waals surface area contributed by atoms with Gasteiger partial charge in [-0.2, -0.15) is 0 Å². The van der Waals surface area contributed by atoms with E-state index in [1.54, 1.807) is 13.8 Å². The molecular formula is C50H100O11. The quantitative estimate of drug-likeness (QED) is 0.0267. The largest absolute Gasteiger partial charge is 0.394 e. The van der Waals surface area contributed by atoms with Gasteiger partial charge in [-0.3, -0.25) is 0 Å². The van der Waals surface area contributed by atoms with E-state index in [1.807, 2.05) is 61.5 Å². The van der Waals surface area contributed by atoms with Crippen LogP contribution in [0.2, 0.25) is 0 Å². The SMILES string of the molecule is CC(=CCCC(C)(O)C(O)CO)CCCC(C)(O)CCCC(C)(O)CCCC(C)(O)CCCC(C)(O)CCCC(C)(O)CCCC(C)(O)CCCC(C)(O)CCCC(C)(C)O. The molecule has 11 heteroatoms. The van der Waals surface area contributed by atoms with Crippen molar-refractivity contribution in [1.29, 1.82) is 0 Å². The molecule has 0 bridgehead atoms. The van der Waals surface area contributed by atoms with Crippen molar-refractivity contribution in [1.82, 2.24) is 0 Å². The van der Waals surface area contributed by atoms with Crippen molar-refractivity contribution < 1.29 is 56.2 Å². The van der Waals surface area contributed by atoms with Gasteiger partial charge >= 0.3 is 0 Å². The van der Waals surface area contributed by atoms with Crippen LogP contribution in [0.1, 0.15) is 243 Å². The molecule has 0 saturated carbocycles. The van der Waals surface area contributed by atoms with Gasteiger partial charge in [0.25, 0.3) is 0 Å². The van der Waals surface area contributed by atoms with Gasteiger partial charge in [0.2, 0.25) is 0 Å². The van der Waals surface area contributed by atoms with Gasteiger partial charge in [-0.25, -0.2) is 0 Å². The molecule has 9 atom stereocenters. The summed E-state index contributed by atoms with van der Waals surface area (Å²) in [4.78, 5) is 0. The van der Waals surface area contributed by atoms with Gasteiger partial charge in [0.15, 0.2) is 0 Å². The molecule has 0 aliphatic carbocycles. The van der Waals surface area contributed by atoms with Crippen LogP contribution in [-0.4, -0.2) is 119 Å². The molecule has 11 nitrogen and oxygen atoms in total. The van der Waals surface area contributed by atoms with Crippen LogP contribution in [0.15, 0.2) is 11.6 Å². The van der Waals surface area contributed by atoms with Gasteiger partial charge in [0, 0.05) is 0 Å². The standard InChI is InChI=1S/C50H100O11/c1-40(22-13-38-50(11,61)41(52)39-51)21-12-24-43(4,54)26-15-28-45(6,56)30-17-32-47(8,58)34-19-36-49(10,60)37-20-35-48(9,59)33-18-31-46(7,57)29-16-27-44(5,55)25-14-23-42(2,3)53/h22,41,51-61H,12-21,23-39H2,1-11H3. The fourth-order valence-corrected chi connectivity index (χ4v) is 8.70. The zero-order valence-corrected chi connectivity index (χ0v) is 41.2. The van der Waals surface area contributed by atoms with Crippen molar-refractivity contribution in [2.24, 2.45) is 0 Å². The van der Waals surface area contributed by atoms with Crippen molar-refractivity contribution in [2.45, 2.75) is 300 Å². The minimum Gasteiger partial charge on any atom is -0.394 e. The third-order valence-corrected chi connectivity index (χ3v) is 13.4. The van der Waals surface area contributed by atoms with Crippen LogP contribution in [0.4, 0.5) is 0 Å². The molecule has 0 aliphatic rings. The second-order valence-corrected chi connectivity index (χ2v) is 22.8. The van der Waals surface area contributed by atoms with Gasteiger partial charge in [0.05, 0.1) is 57.0 Å². The van der Waals surface area contributed by atoms with Crippen molar-refractivity contribution >= 4 is 0 Å². The van der Waals surface area contributed by atoms with E-state index in [1.165, 1.54) is 6.92 Å². The average Bonchev–Trinajstić information content (AvgIpc) is 3.05. The Labute approximate surface area is 373 Å². The molecule has 61 heavy (non-hydrogen) atoms. The second kappa shape index (κ2) is 26.4. The van der Waals surface area contributed by atoms with E-state index in [2.05, 4.69) is 0 Å². The van der Waals surface area contributed by atoms with E-state index in [0.717, 1.165) is 24.8 Å². The Morgan fingerprint density at radius 1 is 0.377 bits per heavy atom. The van der Waals surface area contributed by atoms with Gasteiger partial charge < -0.3 is 56.2 Å². The summed E-state index contributed by atoms with van der Waals surface area (Å²) in [7, 11) is 0. The summed E-state index contributed by atoms with van der Waals surface area (Å²) in [6, 6.07) is 0. The Hall–Kier alpha value is -0.700. The highest BCUT2D eigenvalue weighted by Crippen LogP contribution is 2.33. The maximum atomic E-state index is 11.1. The molecule has 0 spiro atoms. The molecular weight excluding hydrogens is 777 g/mol. The first-order valence-corrected chi connectivity index (χ1v) is 24.0. The monoisotopic (exact) mass is 877 g/mol.